The first-order valence-electron chi connectivity index (χ1n) is 10.8. The van der Waals surface area contributed by atoms with Crippen LogP contribution in [0.4, 0.5) is 5.69 Å². The molecule has 3 rings (SSSR count). The van der Waals surface area contributed by atoms with E-state index in [1.165, 1.54) is 6.08 Å². The van der Waals surface area contributed by atoms with Gasteiger partial charge in [0.15, 0.2) is 0 Å². The van der Waals surface area contributed by atoms with Gasteiger partial charge in [-0.2, -0.15) is 0 Å². The Balaban J connectivity index is 1.61. The Morgan fingerprint density at radius 1 is 1.06 bits per heavy atom. The third-order valence-corrected chi connectivity index (χ3v) is 5.99. The second-order valence-electron chi connectivity index (χ2n) is 7.61. The maximum absolute atomic E-state index is 12.7. The molecule has 2 aromatic carbocycles. The van der Waals surface area contributed by atoms with E-state index in [0.29, 0.717) is 24.3 Å². The second kappa shape index (κ2) is 12.6. The number of rotatable bonds is 11. The Labute approximate surface area is 198 Å². The third-order valence-electron chi connectivity index (χ3n) is 5.09. The summed E-state index contributed by atoms with van der Waals surface area (Å²) in [6, 6.07) is 20.0. The summed E-state index contributed by atoms with van der Waals surface area (Å²) in [6.45, 7) is 0. The van der Waals surface area contributed by atoms with Gasteiger partial charge in [-0.05, 0) is 54.1 Å². The number of anilines is 1. The molecule has 2 amide bonds. The maximum atomic E-state index is 12.7. The van der Waals surface area contributed by atoms with E-state index in [0.717, 1.165) is 16.9 Å². The first-order chi connectivity index (χ1) is 16.0. The first kappa shape index (κ1) is 24.2. The molecule has 0 aliphatic carbocycles. The van der Waals surface area contributed by atoms with Gasteiger partial charge in [-0.15, -0.1) is 11.3 Å². The molecule has 33 heavy (non-hydrogen) atoms. The van der Waals surface area contributed by atoms with Crippen molar-refractivity contribution in [3.8, 4) is 5.75 Å². The van der Waals surface area contributed by atoms with Crippen molar-refractivity contribution in [2.24, 2.45) is 5.73 Å². The van der Waals surface area contributed by atoms with Crippen LogP contribution in [0.25, 0.3) is 0 Å². The molecule has 0 saturated carbocycles. The average Bonchev–Trinajstić information content (AvgIpc) is 3.35. The molecule has 0 spiro atoms. The number of amides is 2. The molecule has 1 heterocycles. The molecule has 0 saturated heterocycles. The van der Waals surface area contributed by atoms with Gasteiger partial charge < -0.3 is 21.1 Å². The van der Waals surface area contributed by atoms with E-state index in [2.05, 4.69) is 10.6 Å². The van der Waals surface area contributed by atoms with Crippen LogP contribution >= 0.6 is 11.3 Å². The SMILES string of the molecule is COc1ccc(NC(=O)C=CC(CCc2ccccc2)NC(=O)[C@@H](N)Cc2cccs2)cc1. The zero-order chi connectivity index (χ0) is 23.5. The first-order valence-corrected chi connectivity index (χ1v) is 11.7. The zero-order valence-corrected chi connectivity index (χ0v) is 19.4. The van der Waals surface area contributed by atoms with Crippen LogP contribution in [0.5, 0.6) is 5.75 Å². The van der Waals surface area contributed by atoms with Crippen molar-refractivity contribution in [3.05, 3.63) is 94.7 Å². The van der Waals surface area contributed by atoms with E-state index in [1.807, 2.05) is 47.8 Å². The van der Waals surface area contributed by atoms with E-state index in [-0.39, 0.29) is 17.9 Å². The van der Waals surface area contributed by atoms with E-state index in [4.69, 9.17) is 10.5 Å². The summed E-state index contributed by atoms with van der Waals surface area (Å²) in [5, 5.41) is 7.77. The average molecular weight is 464 g/mol. The largest absolute Gasteiger partial charge is 0.497 e. The molecule has 3 aromatic rings. The van der Waals surface area contributed by atoms with Crippen LogP contribution in [0, 0.1) is 0 Å². The summed E-state index contributed by atoms with van der Waals surface area (Å²) < 4.78 is 5.13. The number of thiophene rings is 1. The van der Waals surface area contributed by atoms with Crippen LogP contribution in [-0.2, 0) is 22.4 Å². The molecule has 0 radical (unpaired) electrons. The van der Waals surface area contributed by atoms with Gasteiger partial charge in [-0.25, -0.2) is 0 Å². The van der Waals surface area contributed by atoms with Crippen molar-refractivity contribution >= 4 is 28.8 Å². The number of methoxy groups -OCH3 is 1. The van der Waals surface area contributed by atoms with E-state index in [1.54, 1.807) is 48.8 Å². The smallest absolute Gasteiger partial charge is 0.248 e. The van der Waals surface area contributed by atoms with Gasteiger partial charge in [0.2, 0.25) is 11.8 Å². The molecular weight excluding hydrogens is 434 g/mol. The van der Waals surface area contributed by atoms with Gasteiger partial charge in [-0.1, -0.05) is 42.5 Å². The van der Waals surface area contributed by atoms with Gasteiger partial charge >= 0.3 is 0 Å². The lowest BCUT2D eigenvalue weighted by Gasteiger charge is -2.18. The van der Waals surface area contributed by atoms with Crippen molar-refractivity contribution in [3.63, 3.8) is 0 Å². The summed E-state index contributed by atoms with van der Waals surface area (Å²) in [4.78, 5) is 26.2. The number of nitrogens with two attached hydrogens (primary N) is 1. The highest BCUT2D eigenvalue weighted by atomic mass is 32.1. The summed E-state index contributed by atoms with van der Waals surface area (Å²) in [6.07, 6.45) is 5.06. The molecular formula is C26H29N3O3S. The number of benzene rings is 2. The van der Waals surface area contributed by atoms with Crippen LogP contribution in [0.1, 0.15) is 16.9 Å². The number of hydrogen-bond acceptors (Lipinski definition) is 5. The summed E-state index contributed by atoms with van der Waals surface area (Å²) >= 11 is 1.58. The third kappa shape index (κ3) is 8.21. The number of nitrogens with one attached hydrogen (secondary N) is 2. The van der Waals surface area contributed by atoms with Gasteiger partial charge in [0.25, 0.3) is 0 Å². The Kier molecular flexibility index (Phi) is 9.23. The van der Waals surface area contributed by atoms with E-state index >= 15 is 0 Å². The minimum absolute atomic E-state index is 0.235. The lowest BCUT2D eigenvalue weighted by Crippen LogP contribution is -2.46. The minimum atomic E-state index is -0.649. The van der Waals surface area contributed by atoms with Crippen molar-refractivity contribution in [2.45, 2.75) is 31.3 Å². The molecule has 4 N–H and O–H groups in total. The van der Waals surface area contributed by atoms with Crippen LogP contribution in [0.2, 0.25) is 0 Å². The quantitative estimate of drug-likeness (QED) is 0.376. The van der Waals surface area contributed by atoms with Crippen molar-refractivity contribution in [1.29, 1.82) is 0 Å². The van der Waals surface area contributed by atoms with Crippen LogP contribution < -0.4 is 21.1 Å². The minimum Gasteiger partial charge on any atom is -0.497 e. The summed E-state index contributed by atoms with van der Waals surface area (Å²) in [5.74, 6) is 0.204. The molecule has 1 unspecified atom stereocenters. The van der Waals surface area contributed by atoms with Gasteiger partial charge in [0.1, 0.15) is 5.75 Å². The monoisotopic (exact) mass is 463 g/mol. The Hall–Kier alpha value is -3.42. The van der Waals surface area contributed by atoms with E-state index < -0.39 is 6.04 Å². The molecule has 0 bridgehead atoms. The lowest BCUT2D eigenvalue weighted by atomic mass is 10.0. The number of aryl methyl sites for hydroxylation is 1. The molecule has 0 aliphatic rings. The normalized spacial score (nSPS) is 12.8. The van der Waals surface area contributed by atoms with E-state index in [9.17, 15) is 9.59 Å². The molecule has 1 aromatic heterocycles. The Bertz CT molecular complexity index is 1030. The second-order valence-corrected chi connectivity index (χ2v) is 8.64. The molecule has 7 heteroatoms. The van der Waals surface area contributed by atoms with Gasteiger partial charge in [0.05, 0.1) is 13.2 Å². The van der Waals surface area contributed by atoms with Crippen LogP contribution in [0.15, 0.2) is 84.3 Å². The van der Waals surface area contributed by atoms with Crippen LogP contribution in [0.3, 0.4) is 0 Å². The molecule has 2 atom stereocenters. The number of hydrogen-bond donors (Lipinski definition) is 3. The number of carbonyl (C=O) groups is 2. The summed E-state index contributed by atoms with van der Waals surface area (Å²) in [5.41, 5.74) is 7.95. The fraction of sp³-hybridized carbons (Fsp3) is 0.231. The highest BCUT2D eigenvalue weighted by molar-refractivity contribution is 7.09. The fourth-order valence-corrected chi connectivity index (χ4v) is 4.04. The van der Waals surface area contributed by atoms with Crippen LogP contribution in [-0.4, -0.2) is 31.0 Å². The standard InChI is InChI=1S/C26H29N3O3S/c1-32-22-14-11-20(12-15-22)28-25(30)16-13-21(10-9-19-6-3-2-4-7-19)29-26(31)24(27)18-23-8-5-17-33-23/h2-8,11-17,21,24H,9-10,18,27H2,1H3,(H,28,30)(H,29,31)/t21?,24-/m0/s1. The van der Waals surface area contributed by atoms with Gasteiger partial charge in [0, 0.05) is 29.1 Å². The maximum Gasteiger partial charge on any atom is 0.248 e. The van der Waals surface area contributed by atoms with Crippen molar-refractivity contribution < 1.29 is 14.3 Å². The Morgan fingerprint density at radius 3 is 2.48 bits per heavy atom. The molecule has 172 valence electrons. The number of carbonyl (C=O) groups excluding carboxylic acids is 2. The lowest BCUT2D eigenvalue weighted by molar-refractivity contribution is -0.122. The highest BCUT2D eigenvalue weighted by Gasteiger charge is 2.18. The predicted molar refractivity (Wildman–Crippen MR) is 133 cm³/mol. The topological polar surface area (TPSA) is 93.5 Å². The van der Waals surface area contributed by atoms with Gasteiger partial charge in [-0.3, -0.25) is 9.59 Å². The van der Waals surface area contributed by atoms with Crippen molar-refractivity contribution in [2.75, 3.05) is 12.4 Å². The van der Waals surface area contributed by atoms with Crippen molar-refractivity contribution in [1.82, 2.24) is 5.32 Å². The highest BCUT2D eigenvalue weighted by Crippen LogP contribution is 2.15. The molecule has 0 fully saturated rings. The number of ether oxygens (including phenoxy) is 1. The predicted octanol–water partition coefficient (Wildman–Crippen LogP) is 3.94. The zero-order valence-electron chi connectivity index (χ0n) is 18.6. The molecule has 0 aliphatic heterocycles. The summed E-state index contributed by atoms with van der Waals surface area (Å²) in [7, 11) is 1.59. The Morgan fingerprint density at radius 2 is 1.82 bits per heavy atom. The molecule has 6 nitrogen and oxygen atoms in total. The fourth-order valence-electron chi connectivity index (χ4n) is 3.27.